The molecule has 1 fully saturated rings. The Kier molecular flexibility index (Phi) is 4.68. The molecule has 0 aliphatic heterocycles. The zero-order valence-corrected chi connectivity index (χ0v) is 12.9. The predicted molar refractivity (Wildman–Crippen MR) is 82.0 cm³/mol. The van der Waals surface area contributed by atoms with Crippen LogP contribution >= 0.6 is 15.9 Å². The molecular weight excluding hydrogens is 288 g/mol. The fourth-order valence-corrected chi connectivity index (χ4v) is 3.43. The minimum absolute atomic E-state index is 0.0929. The molecule has 1 aromatic carbocycles. The van der Waals surface area contributed by atoms with Crippen LogP contribution in [0.25, 0.3) is 0 Å². The lowest BCUT2D eigenvalue weighted by Crippen LogP contribution is -2.33. The highest BCUT2D eigenvalue weighted by Gasteiger charge is 2.19. The molecule has 0 amide bonds. The van der Waals surface area contributed by atoms with Crippen molar-refractivity contribution in [2.75, 3.05) is 11.9 Å². The van der Waals surface area contributed by atoms with Crippen molar-refractivity contribution in [1.29, 1.82) is 0 Å². The molecule has 2 rings (SSSR count). The van der Waals surface area contributed by atoms with Crippen LogP contribution in [0.2, 0.25) is 0 Å². The first-order valence-electron chi connectivity index (χ1n) is 6.87. The Morgan fingerprint density at radius 2 is 1.94 bits per heavy atom. The Labute approximate surface area is 119 Å². The molecule has 1 aliphatic rings. The van der Waals surface area contributed by atoms with Crippen LogP contribution in [0.4, 0.5) is 5.69 Å². The highest BCUT2D eigenvalue weighted by atomic mass is 79.9. The molecule has 100 valence electrons. The fraction of sp³-hybridized carbons (Fsp3) is 0.600. The zero-order chi connectivity index (χ0) is 13.1. The third kappa shape index (κ3) is 3.07. The van der Waals surface area contributed by atoms with Crippen LogP contribution in [-0.2, 0) is 0 Å². The van der Waals surface area contributed by atoms with Crippen LogP contribution in [0.1, 0.15) is 50.6 Å². The Bertz CT molecular complexity index is 397. The monoisotopic (exact) mass is 310 g/mol. The molecule has 2 nitrogen and oxygen atoms in total. The first-order chi connectivity index (χ1) is 8.59. The van der Waals surface area contributed by atoms with Gasteiger partial charge in [0.25, 0.3) is 0 Å². The van der Waals surface area contributed by atoms with Gasteiger partial charge in [0.15, 0.2) is 0 Å². The predicted octanol–water partition coefficient (Wildman–Crippen LogP) is 4.24. The number of nitrogens with zero attached hydrogens (tertiary/aromatic N) is 1. The summed E-state index contributed by atoms with van der Waals surface area (Å²) >= 11 is 3.69. The Balaban J connectivity index is 2.16. The second-order valence-electron chi connectivity index (χ2n) is 5.40. The third-order valence-electron chi connectivity index (χ3n) is 4.00. The Morgan fingerprint density at radius 1 is 1.28 bits per heavy atom. The molecule has 1 saturated carbocycles. The zero-order valence-electron chi connectivity index (χ0n) is 11.3. The number of anilines is 1. The van der Waals surface area contributed by atoms with E-state index in [2.05, 4.69) is 46.1 Å². The van der Waals surface area contributed by atoms with Crippen LogP contribution < -0.4 is 10.6 Å². The number of rotatable bonds is 3. The first kappa shape index (κ1) is 13.9. The van der Waals surface area contributed by atoms with Crippen molar-refractivity contribution in [3.63, 3.8) is 0 Å². The van der Waals surface area contributed by atoms with Crippen molar-refractivity contribution in [3.8, 4) is 0 Å². The molecule has 0 heterocycles. The van der Waals surface area contributed by atoms with Crippen molar-refractivity contribution in [3.05, 3.63) is 28.2 Å². The number of benzene rings is 1. The average Bonchev–Trinajstić information content (AvgIpc) is 2.38. The summed E-state index contributed by atoms with van der Waals surface area (Å²) in [7, 11) is 2.21. The largest absolute Gasteiger partial charge is 0.371 e. The van der Waals surface area contributed by atoms with Gasteiger partial charge in [-0.25, -0.2) is 0 Å². The van der Waals surface area contributed by atoms with E-state index in [0.717, 1.165) is 4.47 Å². The van der Waals surface area contributed by atoms with Gasteiger partial charge in [0, 0.05) is 23.6 Å². The van der Waals surface area contributed by atoms with Crippen molar-refractivity contribution in [1.82, 2.24) is 0 Å². The van der Waals surface area contributed by atoms with E-state index in [-0.39, 0.29) is 6.04 Å². The summed E-state index contributed by atoms with van der Waals surface area (Å²) in [5, 5.41) is 0. The lowest BCUT2D eigenvalue weighted by Gasteiger charge is -2.33. The van der Waals surface area contributed by atoms with E-state index in [1.165, 1.54) is 43.4 Å². The molecular formula is C15H23BrN2. The molecule has 1 aliphatic carbocycles. The quantitative estimate of drug-likeness (QED) is 0.905. The molecule has 1 aromatic rings. The number of nitrogens with two attached hydrogens (primary N) is 1. The Morgan fingerprint density at radius 3 is 2.50 bits per heavy atom. The second-order valence-corrected chi connectivity index (χ2v) is 6.26. The number of hydrogen-bond donors (Lipinski definition) is 1. The van der Waals surface area contributed by atoms with Gasteiger partial charge >= 0.3 is 0 Å². The molecule has 0 spiro atoms. The summed E-state index contributed by atoms with van der Waals surface area (Å²) in [4.78, 5) is 2.42. The van der Waals surface area contributed by atoms with E-state index in [9.17, 15) is 0 Å². The minimum atomic E-state index is 0.0929. The van der Waals surface area contributed by atoms with Crippen LogP contribution in [0.15, 0.2) is 22.7 Å². The lowest BCUT2D eigenvalue weighted by molar-refractivity contribution is 0.427. The van der Waals surface area contributed by atoms with Crippen LogP contribution in [0.3, 0.4) is 0 Å². The molecule has 3 heteroatoms. The van der Waals surface area contributed by atoms with E-state index in [1.807, 2.05) is 6.92 Å². The average molecular weight is 311 g/mol. The van der Waals surface area contributed by atoms with Crippen molar-refractivity contribution >= 4 is 21.6 Å². The van der Waals surface area contributed by atoms with E-state index in [1.54, 1.807) is 0 Å². The van der Waals surface area contributed by atoms with E-state index in [0.29, 0.717) is 6.04 Å². The normalized spacial score (nSPS) is 18.7. The number of halogens is 1. The van der Waals surface area contributed by atoms with Crippen LogP contribution in [-0.4, -0.2) is 13.1 Å². The summed E-state index contributed by atoms with van der Waals surface area (Å²) < 4.78 is 1.16. The molecule has 2 N–H and O–H groups in total. The number of hydrogen-bond acceptors (Lipinski definition) is 2. The molecule has 0 bridgehead atoms. The fourth-order valence-electron chi connectivity index (χ4n) is 2.76. The van der Waals surface area contributed by atoms with E-state index < -0.39 is 0 Å². The molecule has 18 heavy (non-hydrogen) atoms. The van der Waals surface area contributed by atoms with Crippen molar-refractivity contribution in [2.24, 2.45) is 5.73 Å². The highest BCUT2D eigenvalue weighted by Crippen LogP contribution is 2.32. The lowest BCUT2D eigenvalue weighted by atomic mass is 9.94. The van der Waals surface area contributed by atoms with Gasteiger partial charge in [0.2, 0.25) is 0 Å². The topological polar surface area (TPSA) is 29.3 Å². The van der Waals surface area contributed by atoms with Gasteiger partial charge in [-0.2, -0.15) is 0 Å². The maximum absolute atomic E-state index is 5.92. The SMILES string of the molecule is C[C@H](N)c1ccc(N(C)C2CCCCC2)c(Br)c1. The van der Waals surface area contributed by atoms with Gasteiger partial charge in [-0.3, -0.25) is 0 Å². The summed E-state index contributed by atoms with van der Waals surface area (Å²) in [6.07, 6.45) is 6.76. The van der Waals surface area contributed by atoms with Crippen molar-refractivity contribution < 1.29 is 0 Å². The molecule has 1 atom stereocenters. The first-order valence-corrected chi connectivity index (χ1v) is 7.66. The van der Waals surface area contributed by atoms with Gasteiger partial charge in [0.1, 0.15) is 0 Å². The summed E-state index contributed by atoms with van der Waals surface area (Å²) in [6, 6.07) is 7.27. The maximum atomic E-state index is 5.92. The van der Waals surface area contributed by atoms with Gasteiger partial charge in [0.05, 0.1) is 5.69 Å². The van der Waals surface area contributed by atoms with Crippen LogP contribution in [0, 0.1) is 0 Å². The van der Waals surface area contributed by atoms with Gasteiger partial charge in [-0.15, -0.1) is 0 Å². The molecule has 0 radical (unpaired) electrons. The summed E-state index contributed by atoms with van der Waals surface area (Å²) in [6.45, 7) is 2.02. The Hall–Kier alpha value is -0.540. The smallest absolute Gasteiger partial charge is 0.0510 e. The van der Waals surface area contributed by atoms with E-state index >= 15 is 0 Å². The summed E-state index contributed by atoms with van der Waals surface area (Å²) in [5.74, 6) is 0. The van der Waals surface area contributed by atoms with Crippen molar-refractivity contribution in [2.45, 2.75) is 51.1 Å². The minimum Gasteiger partial charge on any atom is -0.371 e. The van der Waals surface area contributed by atoms with E-state index in [4.69, 9.17) is 5.73 Å². The maximum Gasteiger partial charge on any atom is 0.0510 e. The summed E-state index contributed by atoms with van der Waals surface area (Å²) in [5.41, 5.74) is 8.38. The second kappa shape index (κ2) is 6.07. The van der Waals surface area contributed by atoms with Crippen LogP contribution in [0.5, 0.6) is 0 Å². The molecule has 0 aromatic heterocycles. The van der Waals surface area contributed by atoms with Gasteiger partial charge in [-0.1, -0.05) is 25.3 Å². The van der Waals surface area contributed by atoms with Gasteiger partial charge < -0.3 is 10.6 Å². The third-order valence-corrected chi connectivity index (χ3v) is 4.64. The standard InChI is InChI=1S/C15H23BrN2/c1-11(17)12-8-9-15(14(16)10-12)18(2)13-6-4-3-5-7-13/h8-11,13H,3-7,17H2,1-2H3/t11-/m0/s1. The highest BCUT2D eigenvalue weighted by molar-refractivity contribution is 9.10. The van der Waals surface area contributed by atoms with Gasteiger partial charge in [-0.05, 0) is 53.4 Å². The molecule has 0 saturated heterocycles. The molecule has 0 unspecified atom stereocenters.